The van der Waals surface area contributed by atoms with Crippen molar-refractivity contribution in [3.8, 4) is 0 Å². The third kappa shape index (κ3) is 6.43. The van der Waals surface area contributed by atoms with Crippen molar-refractivity contribution in [3.63, 3.8) is 0 Å². The van der Waals surface area contributed by atoms with Gasteiger partial charge in [0.05, 0.1) is 19.8 Å². The SMILES string of the molecule is C=CCOC/C=C(\C)C(=O)OCCC. The quantitative estimate of drug-likeness (QED) is 0.272. The predicted octanol–water partition coefficient (Wildman–Crippen LogP) is 2.09. The maximum absolute atomic E-state index is 11.2. The summed E-state index contributed by atoms with van der Waals surface area (Å²) in [7, 11) is 0. The van der Waals surface area contributed by atoms with Crippen LogP contribution in [-0.2, 0) is 14.3 Å². The van der Waals surface area contributed by atoms with Crippen molar-refractivity contribution >= 4 is 5.97 Å². The molecule has 0 saturated carbocycles. The molecule has 0 aliphatic rings. The summed E-state index contributed by atoms with van der Waals surface area (Å²) in [6, 6.07) is 0. The highest BCUT2D eigenvalue weighted by atomic mass is 16.5. The standard InChI is InChI=1S/C11H18O3/c1-4-7-13-9-6-10(3)11(12)14-8-5-2/h4,6H,1,5,7-9H2,2-3H3/b10-6+. The van der Waals surface area contributed by atoms with Gasteiger partial charge in [-0.15, -0.1) is 6.58 Å². The zero-order chi connectivity index (χ0) is 10.8. The molecule has 80 valence electrons. The Bertz CT molecular complexity index is 207. The molecule has 0 N–H and O–H groups in total. The van der Waals surface area contributed by atoms with Crippen molar-refractivity contribution in [3.05, 3.63) is 24.3 Å². The molecule has 3 nitrogen and oxygen atoms in total. The van der Waals surface area contributed by atoms with Crippen LogP contribution in [0.2, 0.25) is 0 Å². The zero-order valence-corrected chi connectivity index (χ0v) is 8.91. The van der Waals surface area contributed by atoms with E-state index in [4.69, 9.17) is 9.47 Å². The fourth-order valence-electron chi connectivity index (χ4n) is 0.727. The Morgan fingerprint density at radius 3 is 2.71 bits per heavy atom. The molecule has 0 bridgehead atoms. The number of ether oxygens (including phenoxy) is 2. The van der Waals surface area contributed by atoms with Gasteiger partial charge in [-0.25, -0.2) is 4.79 Å². The second kappa shape index (κ2) is 8.51. The second-order valence-corrected chi connectivity index (χ2v) is 2.85. The summed E-state index contributed by atoms with van der Waals surface area (Å²) in [5.41, 5.74) is 0.586. The Balaban J connectivity index is 3.73. The highest BCUT2D eigenvalue weighted by molar-refractivity contribution is 5.87. The molecule has 0 rings (SSSR count). The van der Waals surface area contributed by atoms with Gasteiger partial charge in [-0.3, -0.25) is 0 Å². The summed E-state index contributed by atoms with van der Waals surface area (Å²) in [4.78, 5) is 11.2. The normalized spacial score (nSPS) is 11.1. The van der Waals surface area contributed by atoms with Gasteiger partial charge in [-0.2, -0.15) is 0 Å². The number of hydrogen-bond donors (Lipinski definition) is 0. The van der Waals surface area contributed by atoms with E-state index >= 15 is 0 Å². The Kier molecular flexibility index (Phi) is 7.84. The van der Waals surface area contributed by atoms with Crippen LogP contribution in [0.1, 0.15) is 20.3 Å². The topological polar surface area (TPSA) is 35.5 Å². The van der Waals surface area contributed by atoms with Crippen LogP contribution in [0.15, 0.2) is 24.3 Å². The van der Waals surface area contributed by atoms with Gasteiger partial charge in [0.25, 0.3) is 0 Å². The van der Waals surface area contributed by atoms with Crippen LogP contribution in [0, 0.1) is 0 Å². The smallest absolute Gasteiger partial charge is 0.333 e. The summed E-state index contributed by atoms with van der Waals surface area (Å²) < 4.78 is 10.0. The van der Waals surface area contributed by atoms with Gasteiger partial charge >= 0.3 is 5.97 Å². The summed E-state index contributed by atoms with van der Waals surface area (Å²) in [6.45, 7) is 8.57. The van der Waals surface area contributed by atoms with E-state index < -0.39 is 0 Å². The lowest BCUT2D eigenvalue weighted by Gasteiger charge is -2.02. The first kappa shape index (κ1) is 12.9. The molecular formula is C11H18O3. The highest BCUT2D eigenvalue weighted by Crippen LogP contribution is 1.97. The minimum absolute atomic E-state index is 0.269. The van der Waals surface area contributed by atoms with Crippen LogP contribution in [-0.4, -0.2) is 25.8 Å². The van der Waals surface area contributed by atoms with E-state index in [2.05, 4.69) is 6.58 Å². The third-order valence-electron chi connectivity index (χ3n) is 1.50. The van der Waals surface area contributed by atoms with Crippen molar-refractivity contribution in [2.75, 3.05) is 19.8 Å². The van der Waals surface area contributed by atoms with Crippen molar-refractivity contribution < 1.29 is 14.3 Å². The molecule has 0 spiro atoms. The first-order valence-corrected chi connectivity index (χ1v) is 4.74. The van der Waals surface area contributed by atoms with Crippen molar-refractivity contribution in [2.24, 2.45) is 0 Å². The Labute approximate surface area is 85.4 Å². The van der Waals surface area contributed by atoms with Crippen LogP contribution in [0.25, 0.3) is 0 Å². The number of hydrogen-bond acceptors (Lipinski definition) is 3. The zero-order valence-electron chi connectivity index (χ0n) is 8.91. The number of carbonyl (C=O) groups excluding carboxylic acids is 1. The van der Waals surface area contributed by atoms with Gasteiger partial charge in [-0.05, 0) is 19.4 Å². The summed E-state index contributed by atoms with van der Waals surface area (Å²) in [5.74, 6) is -0.269. The van der Waals surface area contributed by atoms with Crippen LogP contribution in [0.5, 0.6) is 0 Å². The molecule has 0 fully saturated rings. The largest absolute Gasteiger partial charge is 0.462 e. The number of carbonyl (C=O) groups is 1. The Hall–Kier alpha value is -1.09. The molecule has 0 aromatic carbocycles. The molecule has 0 aliphatic heterocycles. The van der Waals surface area contributed by atoms with Crippen LogP contribution in [0.4, 0.5) is 0 Å². The van der Waals surface area contributed by atoms with Crippen molar-refractivity contribution in [1.82, 2.24) is 0 Å². The maximum Gasteiger partial charge on any atom is 0.333 e. The maximum atomic E-state index is 11.2. The number of esters is 1. The number of rotatable bonds is 7. The molecule has 0 atom stereocenters. The third-order valence-corrected chi connectivity index (χ3v) is 1.50. The monoisotopic (exact) mass is 198 g/mol. The average Bonchev–Trinajstić information content (AvgIpc) is 2.20. The highest BCUT2D eigenvalue weighted by Gasteiger charge is 2.03. The fourth-order valence-corrected chi connectivity index (χ4v) is 0.727. The van der Waals surface area contributed by atoms with E-state index in [0.29, 0.717) is 25.4 Å². The first-order chi connectivity index (χ1) is 6.72. The minimum atomic E-state index is -0.269. The van der Waals surface area contributed by atoms with E-state index in [-0.39, 0.29) is 5.97 Å². The Morgan fingerprint density at radius 2 is 2.14 bits per heavy atom. The summed E-state index contributed by atoms with van der Waals surface area (Å²) in [5, 5.41) is 0. The molecule has 3 heteroatoms. The van der Waals surface area contributed by atoms with E-state index in [1.807, 2.05) is 6.92 Å². The average molecular weight is 198 g/mol. The van der Waals surface area contributed by atoms with Crippen molar-refractivity contribution in [1.29, 1.82) is 0 Å². The molecule has 0 aromatic heterocycles. The van der Waals surface area contributed by atoms with Crippen LogP contribution >= 0.6 is 0 Å². The molecule has 0 amide bonds. The Morgan fingerprint density at radius 1 is 1.43 bits per heavy atom. The molecular weight excluding hydrogens is 180 g/mol. The van der Waals surface area contributed by atoms with Gasteiger partial charge < -0.3 is 9.47 Å². The molecule has 0 saturated heterocycles. The van der Waals surface area contributed by atoms with E-state index in [9.17, 15) is 4.79 Å². The summed E-state index contributed by atoms with van der Waals surface area (Å²) >= 11 is 0. The van der Waals surface area contributed by atoms with Gasteiger partial charge in [0.15, 0.2) is 0 Å². The molecule has 0 radical (unpaired) electrons. The fraction of sp³-hybridized carbons (Fsp3) is 0.545. The second-order valence-electron chi connectivity index (χ2n) is 2.85. The van der Waals surface area contributed by atoms with E-state index in [1.165, 1.54) is 0 Å². The molecule has 0 heterocycles. The molecule has 14 heavy (non-hydrogen) atoms. The lowest BCUT2D eigenvalue weighted by molar-refractivity contribution is -0.139. The van der Waals surface area contributed by atoms with Gasteiger partial charge in [0.2, 0.25) is 0 Å². The minimum Gasteiger partial charge on any atom is -0.462 e. The lowest BCUT2D eigenvalue weighted by Crippen LogP contribution is -2.07. The molecule has 0 aromatic rings. The first-order valence-electron chi connectivity index (χ1n) is 4.74. The van der Waals surface area contributed by atoms with Crippen LogP contribution in [0.3, 0.4) is 0 Å². The van der Waals surface area contributed by atoms with E-state index in [0.717, 1.165) is 6.42 Å². The van der Waals surface area contributed by atoms with Gasteiger partial charge in [0.1, 0.15) is 0 Å². The van der Waals surface area contributed by atoms with Crippen molar-refractivity contribution in [2.45, 2.75) is 20.3 Å². The van der Waals surface area contributed by atoms with Gasteiger partial charge in [0, 0.05) is 5.57 Å². The lowest BCUT2D eigenvalue weighted by atomic mass is 10.3. The molecule has 0 unspecified atom stereocenters. The molecule has 0 aliphatic carbocycles. The summed E-state index contributed by atoms with van der Waals surface area (Å²) in [6.07, 6.45) is 4.21. The van der Waals surface area contributed by atoms with Gasteiger partial charge in [-0.1, -0.05) is 13.0 Å². The predicted molar refractivity (Wildman–Crippen MR) is 56.0 cm³/mol. The van der Waals surface area contributed by atoms with Crippen LogP contribution < -0.4 is 0 Å². The van der Waals surface area contributed by atoms with E-state index in [1.54, 1.807) is 19.1 Å².